The summed E-state index contributed by atoms with van der Waals surface area (Å²) in [6.07, 6.45) is 1.68. The van der Waals surface area contributed by atoms with E-state index in [9.17, 15) is 4.79 Å². The van der Waals surface area contributed by atoms with Crippen LogP contribution in [0.1, 0.15) is 21.5 Å². The second-order valence-electron chi connectivity index (χ2n) is 6.40. The van der Waals surface area contributed by atoms with Crippen LogP contribution in [0.25, 0.3) is 6.08 Å². The van der Waals surface area contributed by atoms with Gasteiger partial charge in [0.05, 0.1) is 12.7 Å². The van der Waals surface area contributed by atoms with E-state index in [4.69, 9.17) is 25.8 Å². The molecular formula is C23H16BrClO4. The van der Waals surface area contributed by atoms with Crippen molar-refractivity contribution in [2.45, 2.75) is 6.61 Å². The van der Waals surface area contributed by atoms with Crippen molar-refractivity contribution in [3.05, 3.63) is 92.6 Å². The van der Waals surface area contributed by atoms with Gasteiger partial charge >= 0.3 is 0 Å². The number of Topliss-reactive ketones (excluding diaryl/α,β-unsaturated/α-hetero) is 1. The van der Waals surface area contributed by atoms with E-state index >= 15 is 0 Å². The van der Waals surface area contributed by atoms with Crippen LogP contribution in [-0.4, -0.2) is 12.9 Å². The number of ether oxygens (including phenoxy) is 3. The maximum Gasteiger partial charge on any atom is 0.231 e. The minimum Gasteiger partial charge on any atom is -0.496 e. The van der Waals surface area contributed by atoms with Crippen LogP contribution in [0, 0.1) is 0 Å². The van der Waals surface area contributed by atoms with Gasteiger partial charge in [0.15, 0.2) is 5.76 Å². The van der Waals surface area contributed by atoms with Crippen molar-refractivity contribution >= 4 is 39.4 Å². The molecule has 4 nitrogen and oxygen atoms in total. The first-order chi connectivity index (χ1) is 14.0. The number of carbonyl (C=O) groups excluding carboxylic acids is 1. The summed E-state index contributed by atoms with van der Waals surface area (Å²) in [5.74, 6) is 1.79. The van der Waals surface area contributed by atoms with Crippen LogP contribution >= 0.6 is 27.5 Å². The van der Waals surface area contributed by atoms with E-state index in [0.29, 0.717) is 34.4 Å². The van der Waals surface area contributed by atoms with Gasteiger partial charge in [0.1, 0.15) is 23.9 Å². The summed E-state index contributed by atoms with van der Waals surface area (Å²) in [6, 6.07) is 18.2. The Morgan fingerprint density at radius 2 is 1.97 bits per heavy atom. The van der Waals surface area contributed by atoms with Crippen LogP contribution in [-0.2, 0) is 6.61 Å². The van der Waals surface area contributed by atoms with Gasteiger partial charge in [-0.3, -0.25) is 4.79 Å². The van der Waals surface area contributed by atoms with Gasteiger partial charge in [0, 0.05) is 21.1 Å². The Bertz CT molecular complexity index is 1120. The molecule has 0 aliphatic carbocycles. The van der Waals surface area contributed by atoms with E-state index in [2.05, 4.69) is 15.9 Å². The van der Waals surface area contributed by atoms with Crippen molar-refractivity contribution in [2.24, 2.45) is 0 Å². The summed E-state index contributed by atoms with van der Waals surface area (Å²) >= 11 is 9.44. The number of benzene rings is 3. The number of fused-ring (bicyclic) bond motifs is 1. The molecule has 1 heterocycles. The molecule has 0 N–H and O–H groups in total. The zero-order valence-corrected chi connectivity index (χ0v) is 17.8. The van der Waals surface area contributed by atoms with Gasteiger partial charge in [-0.25, -0.2) is 0 Å². The van der Waals surface area contributed by atoms with Gasteiger partial charge in [-0.1, -0.05) is 39.7 Å². The van der Waals surface area contributed by atoms with Crippen LogP contribution in [0.2, 0.25) is 5.02 Å². The SMILES string of the molecule is COc1ccc(Br)cc1C=C1Oc2cc(OCc3cccc(Cl)c3)ccc2C1=O. The van der Waals surface area contributed by atoms with Crippen molar-refractivity contribution in [3.8, 4) is 17.2 Å². The van der Waals surface area contributed by atoms with Crippen molar-refractivity contribution in [2.75, 3.05) is 7.11 Å². The molecular weight excluding hydrogens is 456 g/mol. The molecule has 1 aliphatic heterocycles. The van der Waals surface area contributed by atoms with Crippen molar-refractivity contribution in [3.63, 3.8) is 0 Å². The monoisotopic (exact) mass is 470 g/mol. The second kappa shape index (κ2) is 8.31. The van der Waals surface area contributed by atoms with Crippen molar-refractivity contribution < 1.29 is 19.0 Å². The smallest absolute Gasteiger partial charge is 0.231 e. The average Bonchev–Trinajstić information content (AvgIpc) is 3.01. The van der Waals surface area contributed by atoms with E-state index in [1.807, 2.05) is 42.5 Å². The lowest BCUT2D eigenvalue weighted by Crippen LogP contribution is -1.99. The van der Waals surface area contributed by atoms with Crippen LogP contribution in [0.3, 0.4) is 0 Å². The first kappa shape index (κ1) is 19.6. The van der Waals surface area contributed by atoms with Gasteiger partial charge in [-0.05, 0) is 54.1 Å². The number of halogens is 2. The number of methoxy groups -OCH3 is 1. The molecule has 0 saturated carbocycles. The molecule has 0 aromatic heterocycles. The molecule has 1 aliphatic rings. The minimum absolute atomic E-state index is 0.177. The minimum atomic E-state index is -0.177. The molecule has 146 valence electrons. The Balaban J connectivity index is 1.55. The predicted molar refractivity (Wildman–Crippen MR) is 116 cm³/mol. The maximum absolute atomic E-state index is 12.7. The summed E-state index contributed by atoms with van der Waals surface area (Å²) in [4.78, 5) is 12.7. The number of carbonyl (C=O) groups is 1. The summed E-state index contributed by atoms with van der Waals surface area (Å²) in [5.41, 5.74) is 2.20. The number of rotatable bonds is 5. The number of allylic oxidation sites excluding steroid dienone is 1. The van der Waals surface area contributed by atoms with Crippen LogP contribution < -0.4 is 14.2 Å². The van der Waals surface area contributed by atoms with Gasteiger partial charge in [-0.15, -0.1) is 0 Å². The molecule has 4 rings (SSSR count). The Morgan fingerprint density at radius 3 is 2.76 bits per heavy atom. The Kier molecular flexibility index (Phi) is 5.60. The van der Waals surface area contributed by atoms with E-state index in [1.54, 1.807) is 31.4 Å². The molecule has 0 spiro atoms. The van der Waals surface area contributed by atoms with Crippen LogP contribution in [0.15, 0.2) is 70.9 Å². The molecule has 0 fully saturated rings. The molecule has 0 saturated heterocycles. The fourth-order valence-electron chi connectivity index (χ4n) is 3.01. The highest BCUT2D eigenvalue weighted by Crippen LogP contribution is 2.36. The Morgan fingerprint density at radius 1 is 1.10 bits per heavy atom. The Hall–Kier alpha value is -2.76. The van der Waals surface area contributed by atoms with Crippen LogP contribution in [0.4, 0.5) is 0 Å². The van der Waals surface area contributed by atoms with Gasteiger partial charge < -0.3 is 14.2 Å². The van der Waals surface area contributed by atoms with Gasteiger partial charge in [0.25, 0.3) is 0 Å². The topological polar surface area (TPSA) is 44.8 Å². The summed E-state index contributed by atoms with van der Waals surface area (Å²) in [7, 11) is 1.58. The van der Waals surface area contributed by atoms with Crippen molar-refractivity contribution in [1.29, 1.82) is 0 Å². The number of hydrogen-bond donors (Lipinski definition) is 0. The highest BCUT2D eigenvalue weighted by molar-refractivity contribution is 9.10. The van der Waals surface area contributed by atoms with E-state index in [-0.39, 0.29) is 11.5 Å². The molecule has 3 aromatic rings. The molecule has 0 unspecified atom stereocenters. The van der Waals surface area contributed by atoms with Crippen LogP contribution in [0.5, 0.6) is 17.2 Å². The molecule has 3 aromatic carbocycles. The molecule has 6 heteroatoms. The first-order valence-corrected chi connectivity index (χ1v) is 9.99. The zero-order chi connectivity index (χ0) is 20.4. The predicted octanol–water partition coefficient (Wildman–Crippen LogP) is 6.31. The lowest BCUT2D eigenvalue weighted by molar-refractivity contribution is 0.101. The fraction of sp³-hybridized carbons (Fsp3) is 0.0870. The number of ketones is 1. The zero-order valence-electron chi connectivity index (χ0n) is 15.4. The Labute approximate surface area is 181 Å². The third-order valence-electron chi connectivity index (χ3n) is 4.41. The van der Waals surface area contributed by atoms with Gasteiger partial charge in [0.2, 0.25) is 5.78 Å². The van der Waals surface area contributed by atoms with E-state index in [1.165, 1.54) is 0 Å². The average molecular weight is 472 g/mol. The van der Waals surface area contributed by atoms with E-state index in [0.717, 1.165) is 15.6 Å². The lowest BCUT2D eigenvalue weighted by Gasteiger charge is -2.08. The summed E-state index contributed by atoms with van der Waals surface area (Å²) in [6.45, 7) is 0.366. The second-order valence-corrected chi connectivity index (χ2v) is 7.75. The maximum atomic E-state index is 12.7. The highest BCUT2D eigenvalue weighted by Gasteiger charge is 2.28. The van der Waals surface area contributed by atoms with Gasteiger partial charge in [-0.2, -0.15) is 0 Å². The molecule has 0 atom stereocenters. The summed E-state index contributed by atoms with van der Waals surface area (Å²) in [5, 5.41) is 0.659. The quantitative estimate of drug-likeness (QED) is 0.409. The fourth-order valence-corrected chi connectivity index (χ4v) is 3.60. The largest absolute Gasteiger partial charge is 0.496 e. The van der Waals surface area contributed by atoms with Crippen molar-refractivity contribution in [1.82, 2.24) is 0 Å². The lowest BCUT2D eigenvalue weighted by atomic mass is 10.1. The third kappa shape index (κ3) is 4.31. The molecule has 0 bridgehead atoms. The normalized spacial score (nSPS) is 13.9. The highest BCUT2D eigenvalue weighted by atomic mass is 79.9. The first-order valence-electron chi connectivity index (χ1n) is 8.82. The third-order valence-corrected chi connectivity index (χ3v) is 5.14. The number of hydrogen-bond acceptors (Lipinski definition) is 4. The summed E-state index contributed by atoms with van der Waals surface area (Å²) < 4.78 is 17.9. The standard InChI is InChI=1S/C23H16BrClO4/c1-27-20-8-5-16(24)10-15(20)11-22-23(26)19-7-6-18(12-21(19)29-22)28-13-14-3-2-4-17(25)9-14/h2-12H,13H2,1H3. The molecule has 29 heavy (non-hydrogen) atoms. The molecule has 0 radical (unpaired) electrons. The molecule has 0 amide bonds. The van der Waals surface area contributed by atoms with E-state index < -0.39 is 0 Å².